The van der Waals surface area contributed by atoms with Gasteiger partial charge in [0.1, 0.15) is 6.10 Å². The fourth-order valence-electron chi connectivity index (χ4n) is 0.965. The van der Waals surface area contributed by atoms with Crippen LogP contribution >= 0.6 is 0 Å². The first-order valence-corrected chi connectivity index (χ1v) is 5.42. The molecule has 0 amide bonds. The summed E-state index contributed by atoms with van der Waals surface area (Å²) in [7, 11) is 0. The van der Waals surface area contributed by atoms with Gasteiger partial charge in [-0.15, -0.1) is 0 Å². The lowest BCUT2D eigenvalue weighted by atomic mass is 10.1. The number of aliphatic hydroxyl groups excluding tert-OH is 2. The molecule has 0 bridgehead atoms. The van der Waals surface area contributed by atoms with E-state index in [0.29, 0.717) is 12.3 Å². The standard InChI is InChI=1S/C11H22O4/c1-8(2)9(3)15-11(14)5-4-10(6-12)7-13/h8-10,12-13H,4-7H2,1-3H3. The van der Waals surface area contributed by atoms with Crippen LogP contribution in [0.5, 0.6) is 0 Å². The number of hydrogen-bond acceptors (Lipinski definition) is 4. The quantitative estimate of drug-likeness (QED) is 0.624. The second-order valence-electron chi connectivity index (χ2n) is 4.21. The first-order chi connectivity index (χ1) is 7.01. The van der Waals surface area contributed by atoms with Crippen molar-refractivity contribution in [3.05, 3.63) is 0 Å². The molecule has 0 aliphatic rings. The van der Waals surface area contributed by atoms with Gasteiger partial charge in [0.05, 0.1) is 0 Å². The number of rotatable bonds is 7. The summed E-state index contributed by atoms with van der Waals surface area (Å²) in [4.78, 5) is 11.3. The van der Waals surface area contributed by atoms with Gasteiger partial charge in [-0.3, -0.25) is 4.79 Å². The second kappa shape index (κ2) is 7.65. The molecule has 2 N–H and O–H groups in total. The predicted octanol–water partition coefficient (Wildman–Crippen LogP) is 0.955. The zero-order valence-corrected chi connectivity index (χ0v) is 9.77. The molecule has 0 aromatic heterocycles. The average molecular weight is 218 g/mol. The molecule has 0 saturated carbocycles. The van der Waals surface area contributed by atoms with E-state index in [1.165, 1.54) is 0 Å². The van der Waals surface area contributed by atoms with Gasteiger partial charge in [-0.2, -0.15) is 0 Å². The maximum atomic E-state index is 11.3. The molecule has 0 rings (SSSR count). The molecule has 90 valence electrons. The molecule has 0 aromatic rings. The van der Waals surface area contributed by atoms with E-state index in [0.717, 1.165) is 0 Å². The van der Waals surface area contributed by atoms with Crippen molar-refractivity contribution in [3.63, 3.8) is 0 Å². The van der Waals surface area contributed by atoms with E-state index in [9.17, 15) is 4.79 Å². The molecule has 0 radical (unpaired) electrons. The Hall–Kier alpha value is -0.610. The molecule has 0 heterocycles. The van der Waals surface area contributed by atoms with E-state index in [1.54, 1.807) is 0 Å². The van der Waals surface area contributed by atoms with Crippen molar-refractivity contribution >= 4 is 5.97 Å². The molecular weight excluding hydrogens is 196 g/mol. The highest BCUT2D eigenvalue weighted by Crippen LogP contribution is 2.10. The number of carbonyl (C=O) groups is 1. The molecule has 0 fully saturated rings. The van der Waals surface area contributed by atoms with Gasteiger partial charge < -0.3 is 14.9 Å². The van der Waals surface area contributed by atoms with Crippen molar-refractivity contribution in [2.45, 2.75) is 39.7 Å². The van der Waals surface area contributed by atoms with Crippen LogP contribution in [0.1, 0.15) is 33.6 Å². The zero-order valence-electron chi connectivity index (χ0n) is 9.77. The SMILES string of the molecule is CC(C)C(C)OC(=O)CCC(CO)CO. The second-order valence-corrected chi connectivity index (χ2v) is 4.21. The van der Waals surface area contributed by atoms with Crippen LogP contribution in [-0.4, -0.2) is 35.5 Å². The molecule has 0 aromatic carbocycles. The summed E-state index contributed by atoms with van der Waals surface area (Å²) >= 11 is 0. The van der Waals surface area contributed by atoms with Crippen molar-refractivity contribution in [3.8, 4) is 0 Å². The first kappa shape index (κ1) is 14.4. The Morgan fingerprint density at radius 3 is 2.13 bits per heavy atom. The summed E-state index contributed by atoms with van der Waals surface area (Å²) in [6.45, 7) is 5.65. The van der Waals surface area contributed by atoms with Gasteiger partial charge in [0, 0.05) is 25.6 Å². The van der Waals surface area contributed by atoms with Crippen LogP contribution in [0, 0.1) is 11.8 Å². The van der Waals surface area contributed by atoms with E-state index >= 15 is 0 Å². The molecule has 0 aliphatic heterocycles. The maximum Gasteiger partial charge on any atom is 0.306 e. The van der Waals surface area contributed by atoms with Gasteiger partial charge in [0.25, 0.3) is 0 Å². The monoisotopic (exact) mass is 218 g/mol. The van der Waals surface area contributed by atoms with E-state index in [2.05, 4.69) is 0 Å². The van der Waals surface area contributed by atoms with E-state index < -0.39 is 0 Å². The lowest BCUT2D eigenvalue weighted by molar-refractivity contribution is -0.150. The average Bonchev–Trinajstić information content (AvgIpc) is 2.19. The third-order valence-electron chi connectivity index (χ3n) is 2.53. The molecule has 0 aliphatic carbocycles. The van der Waals surface area contributed by atoms with Crippen LogP contribution in [0.3, 0.4) is 0 Å². The van der Waals surface area contributed by atoms with Crippen molar-refractivity contribution < 1.29 is 19.7 Å². The molecule has 0 spiro atoms. The van der Waals surface area contributed by atoms with Gasteiger partial charge in [-0.05, 0) is 19.3 Å². The van der Waals surface area contributed by atoms with Gasteiger partial charge >= 0.3 is 5.97 Å². The van der Waals surface area contributed by atoms with Crippen molar-refractivity contribution in [1.29, 1.82) is 0 Å². The highest BCUT2D eigenvalue weighted by atomic mass is 16.5. The van der Waals surface area contributed by atoms with Gasteiger partial charge in [0.2, 0.25) is 0 Å². The lowest BCUT2D eigenvalue weighted by Crippen LogP contribution is -2.21. The molecule has 15 heavy (non-hydrogen) atoms. The number of hydrogen-bond donors (Lipinski definition) is 2. The Morgan fingerprint density at radius 2 is 1.73 bits per heavy atom. The Kier molecular flexibility index (Phi) is 7.34. The smallest absolute Gasteiger partial charge is 0.306 e. The highest BCUT2D eigenvalue weighted by Gasteiger charge is 2.14. The minimum absolute atomic E-state index is 0.0841. The van der Waals surface area contributed by atoms with Gasteiger partial charge in [-0.25, -0.2) is 0 Å². The van der Waals surface area contributed by atoms with Gasteiger partial charge in [-0.1, -0.05) is 13.8 Å². The summed E-state index contributed by atoms with van der Waals surface area (Å²) in [5, 5.41) is 17.6. The number of aliphatic hydroxyl groups is 2. The Labute approximate surface area is 91.3 Å². The van der Waals surface area contributed by atoms with E-state index in [1.807, 2.05) is 20.8 Å². The van der Waals surface area contributed by atoms with Crippen molar-refractivity contribution in [2.24, 2.45) is 11.8 Å². The molecular formula is C11H22O4. The fraction of sp³-hybridized carbons (Fsp3) is 0.909. The van der Waals surface area contributed by atoms with Crippen LogP contribution in [0.25, 0.3) is 0 Å². The number of esters is 1. The Balaban J connectivity index is 3.74. The van der Waals surface area contributed by atoms with Gasteiger partial charge in [0.15, 0.2) is 0 Å². The molecule has 4 heteroatoms. The topological polar surface area (TPSA) is 66.8 Å². The van der Waals surface area contributed by atoms with Crippen molar-refractivity contribution in [1.82, 2.24) is 0 Å². The van der Waals surface area contributed by atoms with E-state index in [-0.39, 0.29) is 37.6 Å². The molecule has 1 atom stereocenters. The Bertz CT molecular complexity index is 175. The summed E-state index contributed by atoms with van der Waals surface area (Å²) in [6, 6.07) is 0. The van der Waals surface area contributed by atoms with Crippen LogP contribution < -0.4 is 0 Å². The summed E-state index contributed by atoms with van der Waals surface area (Å²) in [5.41, 5.74) is 0. The molecule has 4 nitrogen and oxygen atoms in total. The third kappa shape index (κ3) is 6.47. The number of carbonyl (C=O) groups excluding carboxylic acids is 1. The lowest BCUT2D eigenvalue weighted by Gasteiger charge is -2.17. The normalized spacial score (nSPS) is 13.3. The van der Waals surface area contributed by atoms with Crippen LogP contribution in [-0.2, 0) is 9.53 Å². The van der Waals surface area contributed by atoms with Crippen LogP contribution in [0.4, 0.5) is 0 Å². The number of ether oxygens (including phenoxy) is 1. The largest absolute Gasteiger partial charge is 0.462 e. The molecule has 1 unspecified atom stereocenters. The fourth-order valence-corrected chi connectivity index (χ4v) is 0.965. The maximum absolute atomic E-state index is 11.3. The van der Waals surface area contributed by atoms with E-state index in [4.69, 9.17) is 14.9 Å². The highest BCUT2D eigenvalue weighted by molar-refractivity contribution is 5.69. The third-order valence-corrected chi connectivity index (χ3v) is 2.53. The van der Waals surface area contributed by atoms with Crippen LogP contribution in [0.2, 0.25) is 0 Å². The summed E-state index contributed by atoms with van der Waals surface area (Å²) < 4.78 is 5.15. The van der Waals surface area contributed by atoms with Crippen LogP contribution in [0.15, 0.2) is 0 Å². The van der Waals surface area contributed by atoms with Crippen molar-refractivity contribution in [2.75, 3.05) is 13.2 Å². The predicted molar refractivity (Wildman–Crippen MR) is 57.3 cm³/mol. The first-order valence-electron chi connectivity index (χ1n) is 5.42. The minimum atomic E-state index is -0.261. The zero-order chi connectivity index (χ0) is 11.8. The Morgan fingerprint density at radius 1 is 1.20 bits per heavy atom. The minimum Gasteiger partial charge on any atom is -0.462 e. The summed E-state index contributed by atoms with van der Waals surface area (Å²) in [5.74, 6) is -0.171. The summed E-state index contributed by atoms with van der Waals surface area (Å²) in [6.07, 6.45) is 0.638. The molecule has 0 saturated heterocycles.